The van der Waals surface area contributed by atoms with Crippen LogP contribution in [0.25, 0.3) is 0 Å². The Bertz CT molecular complexity index is 595. The average Bonchev–Trinajstić information content (AvgIpc) is 2.61. The van der Waals surface area contributed by atoms with Gasteiger partial charge in [0.2, 0.25) is 0 Å². The summed E-state index contributed by atoms with van der Waals surface area (Å²) in [5, 5.41) is 11.1. The highest BCUT2D eigenvalue weighted by molar-refractivity contribution is 7.98. The van der Waals surface area contributed by atoms with Crippen molar-refractivity contribution in [1.29, 1.82) is 0 Å². The molecule has 1 aliphatic rings. The number of rotatable bonds is 7. The molecule has 1 aromatic rings. The smallest absolute Gasteiger partial charge is 0.283 e. The van der Waals surface area contributed by atoms with Crippen molar-refractivity contribution in [2.45, 2.75) is 30.3 Å². The zero-order valence-electron chi connectivity index (χ0n) is 14.2. The lowest BCUT2D eigenvalue weighted by Gasteiger charge is -2.32. The number of nitrogens with two attached hydrogens (primary N) is 1. The third-order valence-corrected chi connectivity index (χ3v) is 4.84. The van der Waals surface area contributed by atoms with Crippen molar-refractivity contribution in [3.05, 3.63) is 33.9 Å². The first kappa shape index (κ1) is 21.7. The van der Waals surface area contributed by atoms with Crippen LogP contribution in [-0.2, 0) is 4.74 Å². The van der Waals surface area contributed by atoms with Crippen molar-refractivity contribution >= 4 is 35.8 Å². The molecule has 1 saturated heterocycles. The molecule has 0 spiro atoms. The first-order chi connectivity index (χ1) is 11.6. The van der Waals surface area contributed by atoms with E-state index in [2.05, 4.69) is 0 Å². The predicted octanol–water partition coefficient (Wildman–Crippen LogP) is 2.71. The van der Waals surface area contributed by atoms with Gasteiger partial charge in [0, 0.05) is 31.3 Å². The Kier molecular flexibility index (Phi) is 9.20. The maximum atomic E-state index is 12.6. The van der Waals surface area contributed by atoms with E-state index in [0.29, 0.717) is 36.7 Å². The monoisotopic (exact) mass is 389 g/mol. The third kappa shape index (κ3) is 5.85. The SMILES string of the molecule is CSc1ccc(C(=O)N2CCC(OCCCN)CC2)cc1[N+](=O)[O-].Cl. The molecule has 0 atom stereocenters. The Hall–Kier alpha value is -1.35. The fourth-order valence-electron chi connectivity index (χ4n) is 2.71. The van der Waals surface area contributed by atoms with Crippen LogP contribution in [0.2, 0.25) is 0 Å². The van der Waals surface area contributed by atoms with E-state index in [4.69, 9.17) is 10.5 Å². The molecular formula is C16H24ClN3O4S. The van der Waals surface area contributed by atoms with Crippen LogP contribution in [0.3, 0.4) is 0 Å². The van der Waals surface area contributed by atoms with Crippen molar-refractivity contribution in [3.8, 4) is 0 Å². The second kappa shape index (κ2) is 10.6. The molecule has 0 unspecified atom stereocenters. The van der Waals surface area contributed by atoms with Gasteiger partial charge in [-0.2, -0.15) is 0 Å². The third-order valence-electron chi connectivity index (χ3n) is 4.05. The largest absolute Gasteiger partial charge is 0.378 e. The highest BCUT2D eigenvalue weighted by Crippen LogP contribution is 2.29. The van der Waals surface area contributed by atoms with Crippen molar-refractivity contribution in [2.24, 2.45) is 5.73 Å². The number of carbonyl (C=O) groups excluding carboxylic acids is 1. The van der Waals surface area contributed by atoms with Gasteiger partial charge in [0.15, 0.2) is 0 Å². The fraction of sp³-hybridized carbons (Fsp3) is 0.562. The lowest BCUT2D eigenvalue weighted by Crippen LogP contribution is -2.41. The second-order valence-electron chi connectivity index (χ2n) is 5.65. The van der Waals surface area contributed by atoms with Crippen LogP contribution in [0.15, 0.2) is 23.1 Å². The van der Waals surface area contributed by atoms with Gasteiger partial charge in [-0.3, -0.25) is 14.9 Å². The summed E-state index contributed by atoms with van der Waals surface area (Å²) in [7, 11) is 0. The molecule has 0 aromatic heterocycles. The molecule has 25 heavy (non-hydrogen) atoms. The summed E-state index contributed by atoms with van der Waals surface area (Å²) in [4.78, 5) is 25.6. The Morgan fingerprint density at radius 2 is 2.12 bits per heavy atom. The highest BCUT2D eigenvalue weighted by atomic mass is 35.5. The quantitative estimate of drug-likeness (QED) is 0.333. The van der Waals surface area contributed by atoms with E-state index in [1.54, 1.807) is 23.3 Å². The minimum absolute atomic E-state index is 0. The van der Waals surface area contributed by atoms with E-state index in [1.807, 2.05) is 0 Å². The number of likely N-dealkylation sites (tertiary alicyclic amines) is 1. The van der Waals surface area contributed by atoms with Gasteiger partial charge >= 0.3 is 0 Å². The number of nitro benzene ring substituents is 1. The van der Waals surface area contributed by atoms with Gasteiger partial charge in [0.1, 0.15) is 0 Å². The van der Waals surface area contributed by atoms with Crippen molar-refractivity contribution in [3.63, 3.8) is 0 Å². The van der Waals surface area contributed by atoms with E-state index in [1.165, 1.54) is 17.8 Å². The molecule has 0 aliphatic carbocycles. The number of benzene rings is 1. The Balaban J connectivity index is 0.00000312. The minimum Gasteiger partial charge on any atom is -0.378 e. The van der Waals surface area contributed by atoms with Gasteiger partial charge in [-0.15, -0.1) is 24.2 Å². The normalized spacial score (nSPS) is 14.9. The van der Waals surface area contributed by atoms with E-state index < -0.39 is 4.92 Å². The lowest BCUT2D eigenvalue weighted by molar-refractivity contribution is -0.387. The number of thioether (sulfide) groups is 1. The number of nitrogens with zero attached hydrogens (tertiary/aromatic N) is 2. The van der Waals surface area contributed by atoms with Gasteiger partial charge in [0.05, 0.1) is 15.9 Å². The molecule has 0 saturated carbocycles. The zero-order valence-corrected chi connectivity index (χ0v) is 15.8. The molecule has 9 heteroatoms. The second-order valence-corrected chi connectivity index (χ2v) is 6.50. The molecule has 0 radical (unpaired) electrons. The first-order valence-corrected chi connectivity index (χ1v) is 9.22. The molecular weight excluding hydrogens is 366 g/mol. The van der Waals surface area contributed by atoms with Crippen LogP contribution in [0, 0.1) is 10.1 Å². The van der Waals surface area contributed by atoms with Crippen molar-refractivity contribution in [2.75, 3.05) is 32.5 Å². The Morgan fingerprint density at radius 1 is 1.44 bits per heavy atom. The summed E-state index contributed by atoms with van der Waals surface area (Å²) in [5.41, 5.74) is 5.79. The topological polar surface area (TPSA) is 98.7 Å². The summed E-state index contributed by atoms with van der Waals surface area (Å²) >= 11 is 1.30. The number of piperidine rings is 1. The minimum atomic E-state index is -0.444. The fourth-order valence-corrected chi connectivity index (χ4v) is 3.25. The number of hydrogen-bond donors (Lipinski definition) is 1. The zero-order chi connectivity index (χ0) is 17.5. The molecule has 1 aliphatic heterocycles. The molecule has 1 fully saturated rings. The van der Waals surface area contributed by atoms with Crippen molar-refractivity contribution < 1.29 is 14.5 Å². The molecule has 1 amide bonds. The molecule has 1 aromatic carbocycles. The molecule has 7 nitrogen and oxygen atoms in total. The van der Waals surface area contributed by atoms with Gasteiger partial charge in [0.25, 0.3) is 11.6 Å². The summed E-state index contributed by atoms with van der Waals surface area (Å²) < 4.78 is 5.73. The lowest BCUT2D eigenvalue weighted by atomic mass is 10.1. The Labute approximate surface area is 157 Å². The van der Waals surface area contributed by atoms with Crippen LogP contribution < -0.4 is 5.73 Å². The number of halogens is 1. The molecule has 1 heterocycles. The van der Waals surface area contributed by atoms with E-state index in [9.17, 15) is 14.9 Å². The number of nitro groups is 1. The Morgan fingerprint density at radius 3 is 2.68 bits per heavy atom. The van der Waals surface area contributed by atoms with Crippen molar-refractivity contribution in [1.82, 2.24) is 4.90 Å². The number of hydrogen-bond acceptors (Lipinski definition) is 6. The van der Waals surface area contributed by atoms with Crippen LogP contribution in [0.1, 0.15) is 29.6 Å². The number of carbonyl (C=O) groups is 1. The van der Waals surface area contributed by atoms with E-state index >= 15 is 0 Å². The van der Waals surface area contributed by atoms with Crippen LogP contribution >= 0.6 is 24.2 Å². The standard InChI is InChI=1S/C16H23N3O4S.ClH/c1-24-15-4-3-12(11-14(15)19(21)22)16(20)18-8-5-13(6-9-18)23-10-2-7-17;/h3-4,11,13H,2,5-10,17H2,1H3;1H. The number of ether oxygens (including phenoxy) is 1. The van der Waals surface area contributed by atoms with Crippen LogP contribution in [0.4, 0.5) is 5.69 Å². The van der Waals surface area contributed by atoms with Gasteiger partial charge in [-0.25, -0.2) is 0 Å². The van der Waals surface area contributed by atoms with E-state index in [0.717, 1.165) is 19.3 Å². The predicted molar refractivity (Wildman–Crippen MR) is 101 cm³/mol. The van der Waals surface area contributed by atoms with Crippen LogP contribution in [-0.4, -0.2) is 54.3 Å². The molecule has 2 N–H and O–H groups in total. The van der Waals surface area contributed by atoms with Crippen LogP contribution in [0.5, 0.6) is 0 Å². The van der Waals surface area contributed by atoms with Gasteiger partial charge in [-0.1, -0.05) is 0 Å². The molecule has 0 bridgehead atoms. The summed E-state index contributed by atoms with van der Waals surface area (Å²) in [6.07, 6.45) is 4.33. The van der Waals surface area contributed by atoms with E-state index in [-0.39, 0.29) is 30.1 Å². The first-order valence-electron chi connectivity index (χ1n) is 8.00. The summed E-state index contributed by atoms with van der Waals surface area (Å²) in [5.74, 6) is -0.161. The molecule has 140 valence electrons. The summed E-state index contributed by atoms with van der Waals surface area (Å²) in [6.45, 7) is 2.47. The molecule has 2 rings (SSSR count). The maximum absolute atomic E-state index is 12.6. The highest BCUT2D eigenvalue weighted by Gasteiger charge is 2.25. The number of amides is 1. The summed E-state index contributed by atoms with van der Waals surface area (Å²) in [6, 6.07) is 4.67. The average molecular weight is 390 g/mol. The maximum Gasteiger partial charge on any atom is 0.283 e. The van der Waals surface area contributed by atoms with Gasteiger partial charge < -0.3 is 15.4 Å². The van der Waals surface area contributed by atoms with Gasteiger partial charge in [-0.05, 0) is 44.2 Å².